The van der Waals surface area contributed by atoms with Gasteiger partial charge in [0, 0.05) is 0 Å². The molecule has 2 heteroatoms. The van der Waals surface area contributed by atoms with Crippen molar-refractivity contribution in [3.63, 3.8) is 0 Å². The Kier molecular flexibility index (Phi) is 10.6. The molecule has 0 heterocycles. The van der Waals surface area contributed by atoms with Crippen LogP contribution in [-0.4, -0.2) is 6.54 Å². The summed E-state index contributed by atoms with van der Waals surface area (Å²) in [5, 5.41) is 0. The van der Waals surface area contributed by atoms with E-state index < -0.39 is 0 Å². The molecular weight excluding hydrogens is 136 g/mol. The van der Waals surface area contributed by atoms with E-state index in [1.165, 1.54) is 5.56 Å². The third kappa shape index (κ3) is 9.14. The predicted molar refractivity (Wildman–Crippen MR) is 50.9 cm³/mol. The minimum absolute atomic E-state index is 0. The highest BCUT2D eigenvalue weighted by atomic mass is 14.5. The van der Waals surface area contributed by atoms with Gasteiger partial charge in [-0.15, -0.1) is 0 Å². The average molecular weight is 154 g/mol. The van der Waals surface area contributed by atoms with Crippen molar-refractivity contribution < 1.29 is 0 Å². The molecule has 0 aromatic heterocycles. The lowest BCUT2D eigenvalue weighted by atomic mass is 10.2. The molecule has 0 saturated carbocycles. The molecule has 0 radical (unpaired) electrons. The normalized spacial score (nSPS) is 7.18. The molecule has 0 aliphatic rings. The van der Waals surface area contributed by atoms with Gasteiger partial charge in [-0.1, -0.05) is 42.8 Å². The van der Waals surface area contributed by atoms with Gasteiger partial charge in [0.05, 0.1) is 0 Å². The number of rotatable bonds is 0. The van der Waals surface area contributed by atoms with E-state index in [-0.39, 0.29) is 6.15 Å². The topological polar surface area (TPSA) is 61.0 Å². The highest BCUT2D eigenvalue weighted by Crippen LogP contribution is 1.92. The smallest absolute Gasteiger partial charge is 0.0106 e. The zero-order chi connectivity index (χ0) is 7.82. The molecular formula is C9H18N2. The zero-order valence-electron chi connectivity index (χ0n) is 7.38. The number of nitrogens with two attached hydrogens (primary N) is 1. The second-order valence-electron chi connectivity index (χ2n) is 2.06. The van der Waals surface area contributed by atoms with Crippen LogP contribution in [-0.2, 0) is 0 Å². The van der Waals surface area contributed by atoms with Crippen LogP contribution < -0.4 is 11.9 Å². The minimum atomic E-state index is 0. The van der Waals surface area contributed by atoms with E-state index in [2.05, 4.69) is 19.1 Å². The van der Waals surface area contributed by atoms with Gasteiger partial charge < -0.3 is 11.9 Å². The Labute approximate surface area is 69.0 Å². The molecule has 0 spiro atoms. The van der Waals surface area contributed by atoms with Crippen molar-refractivity contribution in [3.8, 4) is 0 Å². The maximum absolute atomic E-state index is 4.85. The van der Waals surface area contributed by atoms with Crippen molar-refractivity contribution in [2.45, 2.75) is 13.8 Å². The van der Waals surface area contributed by atoms with Crippen LogP contribution in [0.3, 0.4) is 0 Å². The van der Waals surface area contributed by atoms with Gasteiger partial charge in [-0.05, 0) is 13.5 Å². The van der Waals surface area contributed by atoms with Gasteiger partial charge in [-0.3, -0.25) is 0 Å². The Morgan fingerprint density at radius 3 is 1.73 bits per heavy atom. The van der Waals surface area contributed by atoms with Gasteiger partial charge in [0.2, 0.25) is 0 Å². The van der Waals surface area contributed by atoms with Crippen LogP contribution in [0.2, 0.25) is 0 Å². The summed E-state index contributed by atoms with van der Waals surface area (Å²) < 4.78 is 0. The lowest BCUT2D eigenvalue weighted by Gasteiger charge is -1.82. The molecule has 1 aromatic rings. The standard InChI is InChI=1S/C7H8.C2H7N.H3N/c1-7-5-3-2-4-6-7;1-2-3;/h2-6H,1H3;2-3H2,1H3;1H3. The Bertz CT molecular complexity index is 149. The van der Waals surface area contributed by atoms with Gasteiger partial charge in [-0.2, -0.15) is 0 Å². The molecule has 2 nitrogen and oxygen atoms in total. The second-order valence-corrected chi connectivity index (χ2v) is 2.06. The minimum Gasteiger partial charge on any atom is -0.344 e. The van der Waals surface area contributed by atoms with Gasteiger partial charge in [0.25, 0.3) is 0 Å². The van der Waals surface area contributed by atoms with E-state index in [1.54, 1.807) is 0 Å². The number of hydrogen-bond acceptors (Lipinski definition) is 2. The van der Waals surface area contributed by atoms with E-state index in [9.17, 15) is 0 Å². The van der Waals surface area contributed by atoms with Crippen molar-refractivity contribution in [1.82, 2.24) is 6.15 Å². The Morgan fingerprint density at radius 2 is 1.55 bits per heavy atom. The van der Waals surface area contributed by atoms with Crippen LogP contribution in [0, 0.1) is 6.92 Å². The molecule has 0 atom stereocenters. The number of aryl methyl sites for hydroxylation is 1. The van der Waals surface area contributed by atoms with Crippen molar-refractivity contribution in [1.29, 1.82) is 0 Å². The molecule has 0 fully saturated rings. The summed E-state index contributed by atoms with van der Waals surface area (Å²) in [7, 11) is 0. The molecule has 0 unspecified atom stereocenters. The van der Waals surface area contributed by atoms with Crippen LogP contribution >= 0.6 is 0 Å². The highest BCUT2D eigenvalue weighted by molar-refractivity contribution is 5.11. The lowest BCUT2D eigenvalue weighted by Crippen LogP contribution is -1.87. The largest absolute Gasteiger partial charge is 0.344 e. The molecule has 1 rings (SSSR count). The molecule has 1 aromatic carbocycles. The Balaban J connectivity index is 0. The maximum Gasteiger partial charge on any atom is -0.0106 e. The van der Waals surface area contributed by atoms with Crippen molar-refractivity contribution in [3.05, 3.63) is 35.9 Å². The SMILES string of the molecule is CCN.Cc1ccccc1.N. The quantitative estimate of drug-likeness (QED) is 0.601. The van der Waals surface area contributed by atoms with E-state index in [4.69, 9.17) is 5.73 Å². The van der Waals surface area contributed by atoms with Crippen molar-refractivity contribution in [2.24, 2.45) is 5.73 Å². The summed E-state index contributed by atoms with van der Waals surface area (Å²) in [5.74, 6) is 0. The highest BCUT2D eigenvalue weighted by Gasteiger charge is 1.72. The summed E-state index contributed by atoms with van der Waals surface area (Å²) in [4.78, 5) is 0. The predicted octanol–water partition coefficient (Wildman–Crippen LogP) is 2.12. The van der Waals surface area contributed by atoms with Crippen LogP contribution in [0.15, 0.2) is 30.3 Å². The first-order valence-corrected chi connectivity index (χ1v) is 3.53. The molecule has 11 heavy (non-hydrogen) atoms. The third-order valence-corrected chi connectivity index (χ3v) is 0.940. The fourth-order valence-corrected chi connectivity index (χ4v) is 0.534. The van der Waals surface area contributed by atoms with Crippen LogP contribution in [0.1, 0.15) is 12.5 Å². The summed E-state index contributed by atoms with van der Waals surface area (Å²) in [6.07, 6.45) is 0. The summed E-state index contributed by atoms with van der Waals surface area (Å²) in [5.41, 5.74) is 6.17. The van der Waals surface area contributed by atoms with Crippen LogP contribution in [0.4, 0.5) is 0 Å². The maximum atomic E-state index is 4.85. The lowest BCUT2D eigenvalue weighted by molar-refractivity contribution is 1.14. The van der Waals surface area contributed by atoms with Crippen molar-refractivity contribution in [2.75, 3.05) is 6.54 Å². The fraction of sp³-hybridized carbons (Fsp3) is 0.333. The fourth-order valence-electron chi connectivity index (χ4n) is 0.534. The zero-order valence-corrected chi connectivity index (χ0v) is 7.38. The summed E-state index contributed by atoms with van der Waals surface area (Å²) >= 11 is 0. The molecule has 0 saturated heterocycles. The summed E-state index contributed by atoms with van der Waals surface area (Å²) in [6.45, 7) is 4.74. The average Bonchev–Trinajstić information content (AvgIpc) is 1.91. The van der Waals surface area contributed by atoms with Crippen LogP contribution in [0.5, 0.6) is 0 Å². The van der Waals surface area contributed by atoms with Crippen molar-refractivity contribution >= 4 is 0 Å². The van der Waals surface area contributed by atoms with Gasteiger partial charge in [-0.25, -0.2) is 0 Å². The Morgan fingerprint density at radius 1 is 1.18 bits per heavy atom. The van der Waals surface area contributed by atoms with Gasteiger partial charge >= 0.3 is 0 Å². The molecule has 0 aliphatic carbocycles. The number of hydrogen-bond donors (Lipinski definition) is 2. The first kappa shape index (κ1) is 12.8. The Hall–Kier alpha value is -0.860. The molecule has 0 aliphatic heterocycles. The molecule has 64 valence electrons. The first-order valence-electron chi connectivity index (χ1n) is 3.53. The first-order chi connectivity index (χ1) is 4.81. The van der Waals surface area contributed by atoms with E-state index >= 15 is 0 Å². The van der Waals surface area contributed by atoms with Gasteiger partial charge in [0.15, 0.2) is 0 Å². The molecule has 0 amide bonds. The van der Waals surface area contributed by atoms with E-state index in [1.807, 2.05) is 25.1 Å². The number of benzene rings is 1. The summed E-state index contributed by atoms with van der Waals surface area (Å²) in [6, 6.07) is 10.3. The third-order valence-electron chi connectivity index (χ3n) is 0.940. The molecule has 0 bridgehead atoms. The van der Waals surface area contributed by atoms with Gasteiger partial charge in [0.1, 0.15) is 0 Å². The second kappa shape index (κ2) is 9.14. The van der Waals surface area contributed by atoms with Crippen LogP contribution in [0.25, 0.3) is 0 Å². The molecule has 5 N–H and O–H groups in total. The monoisotopic (exact) mass is 154 g/mol. The van der Waals surface area contributed by atoms with E-state index in [0.717, 1.165) is 6.54 Å². The van der Waals surface area contributed by atoms with E-state index in [0.29, 0.717) is 0 Å².